The van der Waals surface area contributed by atoms with Crippen LogP contribution in [0, 0.1) is 12.8 Å². The average Bonchev–Trinajstić information content (AvgIpc) is 3.32. The van der Waals surface area contributed by atoms with E-state index in [9.17, 15) is 19.6 Å². The van der Waals surface area contributed by atoms with Crippen molar-refractivity contribution in [2.75, 3.05) is 6.54 Å². The molecule has 3 N–H and O–H groups in total. The smallest absolute Gasteiger partial charge is 0.266 e. The van der Waals surface area contributed by atoms with Crippen LogP contribution in [-0.4, -0.2) is 57.2 Å². The minimum atomic E-state index is -0.887. The minimum absolute atomic E-state index is 0.218. The number of hydrogen-bond donors (Lipinski definition) is 2. The van der Waals surface area contributed by atoms with Gasteiger partial charge < -0.3 is 15.8 Å². The van der Waals surface area contributed by atoms with Crippen molar-refractivity contribution in [1.29, 1.82) is 0 Å². The van der Waals surface area contributed by atoms with Gasteiger partial charge in [-0.05, 0) is 49.8 Å². The van der Waals surface area contributed by atoms with Crippen LogP contribution in [0.2, 0.25) is 0 Å². The molecule has 1 unspecified atom stereocenters. The van der Waals surface area contributed by atoms with Gasteiger partial charge in [-0.1, -0.05) is 61.5 Å². The van der Waals surface area contributed by atoms with Crippen molar-refractivity contribution in [3.05, 3.63) is 78.2 Å². The summed E-state index contributed by atoms with van der Waals surface area (Å²) in [6, 6.07) is 13.3. The Morgan fingerprint density at radius 3 is 2.35 bits per heavy atom. The van der Waals surface area contributed by atoms with E-state index in [4.69, 9.17) is 5.73 Å². The summed E-state index contributed by atoms with van der Waals surface area (Å²) in [5.74, 6) is -1.60. The molecule has 0 spiro atoms. The summed E-state index contributed by atoms with van der Waals surface area (Å²) in [5, 5.41) is 13.2. The maximum absolute atomic E-state index is 13.8. The second-order valence-electron chi connectivity index (χ2n) is 8.89. The average molecular weight is 464 g/mol. The molecule has 0 aromatic heterocycles. The van der Waals surface area contributed by atoms with Crippen LogP contribution in [0.15, 0.2) is 59.8 Å². The molecule has 1 heterocycles. The summed E-state index contributed by atoms with van der Waals surface area (Å²) in [6.07, 6.45) is 1.48. The summed E-state index contributed by atoms with van der Waals surface area (Å²) in [6.45, 7) is 8.15. The van der Waals surface area contributed by atoms with Gasteiger partial charge in [-0.2, -0.15) is 0 Å². The van der Waals surface area contributed by atoms with E-state index in [1.165, 1.54) is 4.90 Å². The lowest BCUT2D eigenvalue weighted by atomic mass is 10.0. The van der Waals surface area contributed by atoms with Crippen LogP contribution in [0.5, 0.6) is 0 Å². The largest absolute Gasteiger partial charge is 0.409 e. The molecule has 1 fully saturated rings. The number of hydrogen-bond acceptors (Lipinski definition) is 6. The Labute approximate surface area is 200 Å². The number of nitrogens with two attached hydrogens (primary N) is 1. The van der Waals surface area contributed by atoms with Crippen LogP contribution < -0.4 is 5.73 Å². The topological polar surface area (TPSA) is 116 Å². The highest BCUT2D eigenvalue weighted by Gasteiger charge is 2.42. The van der Waals surface area contributed by atoms with Crippen molar-refractivity contribution in [1.82, 2.24) is 9.80 Å². The molecule has 2 aromatic carbocycles. The lowest BCUT2D eigenvalue weighted by Gasteiger charge is -2.31. The number of carbonyl (C=O) groups is 3. The van der Waals surface area contributed by atoms with Gasteiger partial charge in [0, 0.05) is 17.7 Å². The van der Waals surface area contributed by atoms with Crippen LogP contribution in [0.1, 0.15) is 54.6 Å². The van der Waals surface area contributed by atoms with E-state index < -0.39 is 23.9 Å². The van der Waals surface area contributed by atoms with Gasteiger partial charge in [0.05, 0.1) is 6.04 Å². The Bertz CT molecular complexity index is 1050. The molecule has 1 saturated heterocycles. The van der Waals surface area contributed by atoms with Crippen molar-refractivity contribution in [3.8, 4) is 0 Å². The molecule has 2 atom stereocenters. The first-order valence-corrected chi connectivity index (χ1v) is 11.4. The van der Waals surface area contributed by atoms with Gasteiger partial charge >= 0.3 is 0 Å². The monoisotopic (exact) mass is 463 g/mol. The molecule has 8 heteroatoms. The van der Waals surface area contributed by atoms with Crippen molar-refractivity contribution in [3.63, 3.8) is 0 Å². The molecular formula is C26H31N4O4. The first-order valence-electron chi connectivity index (χ1n) is 11.4. The number of imide groups is 1. The second-order valence-corrected chi connectivity index (χ2v) is 8.89. The second kappa shape index (κ2) is 11.1. The molecule has 1 radical (unpaired) electrons. The number of rotatable bonds is 6. The Balaban J connectivity index is 2.00. The van der Waals surface area contributed by atoms with Crippen LogP contribution in [-0.2, 0) is 9.59 Å². The van der Waals surface area contributed by atoms with E-state index in [2.05, 4.69) is 12.1 Å². The third-order valence-corrected chi connectivity index (χ3v) is 5.83. The molecule has 3 rings (SSSR count). The number of carbonyl (C=O) groups excluding carboxylic acids is 3. The normalized spacial score (nSPS) is 17.0. The van der Waals surface area contributed by atoms with Gasteiger partial charge in [-0.15, -0.1) is 0 Å². The van der Waals surface area contributed by atoms with Crippen molar-refractivity contribution >= 4 is 23.6 Å². The van der Waals surface area contributed by atoms with E-state index in [1.807, 2.05) is 13.8 Å². The number of oxime groups is 1. The van der Waals surface area contributed by atoms with E-state index in [0.29, 0.717) is 31.4 Å². The molecule has 0 bridgehead atoms. The van der Waals surface area contributed by atoms with Crippen LogP contribution in [0.3, 0.4) is 0 Å². The molecule has 0 aliphatic carbocycles. The van der Waals surface area contributed by atoms with E-state index >= 15 is 0 Å². The fourth-order valence-corrected chi connectivity index (χ4v) is 4.15. The lowest BCUT2D eigenvalue weighted by molar-refractivity contribution is -0.141. The van der Waals surface area contributed by atoms with E-state index in [-0.39, 0.29) is 23.2 Å². The fraction of sp³-hybridized carbons (Fsp3) is 0.346. The summed E-state index contributed by atoms with van der Waals surface area (Å²) in [5.41, 5.74) is 7.46. The highest BCUT2D eigenvalue weighted by atomic mass is 16.4. The highest BCUT2D eigenvalue weighted by Crippen LogP contribution is 2.24. The van der Waals surface area contributed by atoms with Gasteiger partial charge in [-0.25, -0.2) is 4.90 Å². The minimum Gasteiger partial charge on any atom is -0.409 e. The number of amidine groups is 1. The van der Waals surface area contributed by atoms with Gasteiger partial charge in [-0.3, -0.25) is 14.4 Å². The third-order valence-electron chi connectivity index (χ3n) is 5.83. The van der Waals surface area contributed by atoms with Crippen LogP contribution in [0.4, 0.5) is 0 Å². The van der Waals surface area contributed by atoms with Gasteiger partial charge in [0.2, 0.25) is 5.91 Å². The summed E-state index contributed by atoms with van der Waals surface area (Å²) >= 11 is 0. The van der Waals surface area contributed by atoms with Crippen molar-refractivity contribution in [2.45, 2.75) is 45.2 Å². The van der Waals surface area contributed by atoms with Crippen LogP contribution in [0.25, 0.3) is 0 Å². The number of likely N-dealkylation sites (tertiary alicyclic amines) is 1. The lowest BCUT2D eigenvalue weighted by Crippen LogP contribution is -2.55. The quantitative estimate of drug-likeness (QED) is 0.225. The summed E-state index contributed by atoms with van der Waals surface area (Å²) in [4.78, 5) is 42.7. The van der Waals surface area contributed by atoms with E-state index in [1.54, 1.807) is 54.6 Å². The maximum Gasteiger partial charge on any atom is 0.266 e. The first kappa shape index (κ1) is 25.1. The molecule has 34 heavy (non-hydrogen) atoms. The molecule has 179 valence electrons. The zero-order valence-corrected chi connectivity index (χ0v) is 19.6. The zero-order chi connectivity index (χ0) is 24.8. The predicted molar refractivity (Wildman–Crippen MR) is 129 cm³/mol. The SMILES string of the molecule is [CH2]c1ccc(C(=NO)N(C(=O)c2ccccc2)C(=O)[C@@H]2CCCN2C(=O)C(N)CC(C)C)cc1. The van der Waals surface area contributed by atoms with Crippen molar-refractivity contribution < 1.29 is 19.6 Å². The Hall–Kier alpha value is -3.52. The maximum atomic E-state index is 13.8. The zero-order valence-electron chi connectivity index (χ0n) is 19.6. The number of benzene rings is 2. The standard InChI is InChI=1S/C26H31N4O4/c1-17(2)16-21(27)25(32)29-15-7-10-22(29)26(33)30(24(31)20-8-5-4-6-9-20)23(28-34)19-13-11-18(3)12-14-19/h4-6,8-9,11-14,17,21-22,34H,3,7,10,15-16,27H2,1-2H3/t21?,22-/m0/s1. The molecule has 1 aliphatic rings. The summed E-state index contributed by atoms with van der Waals surface area (Å²) < 4.78 is 0. The van der Waals surface area contributed by atoms with Gasteiger partial charge in [0.1, 0.15) is 6.04 Å². The molecule has 1 aliphatic heterocycles. The highest BCUT2D eigenvalue weighted by molar-refractivity contribution is 6.23. The molecule has 8 nitrogen and oxygen atoms in total. The Kier molecular flexibility index (Phi) is 8.17. The number of nitrogens with zero attached hydrogens (tertiary/aromatic N) is 3. The van der Waals surface area contributed by atoms with Crippen LogP contribution >= 0.6 is 0 Å². The molecule has 2 aromatic rings. The third kappa shape index (κ3) is 5.51. The number of amides is 3. The molecule has 3 amide bonds. The van der Waals surface area contributed by atoms with Crippen molar-refractivity contribution in [2.24, 2.45) is 16.8 Å². The Morgan fingerprint density at radius 2 is 1.76 bits per heavy atom. The predicted octanol–water partition coefficient (Wildman–Crippen LogP) is 3.04. The fourth-order valence-electron chi connectivity index (χ4n) is 4.15. The Morgan fingerprint density at radius 1 is 1.12 bits per heavy atom. The first-order chi connectivity index (χ1) is 16.2. The molecule has 0 saturated carbocycles. The van der Waals surface area contributed by atoms with Gasteiger partial charge in [0.15, 0.2) is 5.84 Å². The molecular weight excluding hydrogens is 432 g/mol. The summed E-state index contributed by atoms with van der Waals surface area (Å²) in [7, 11) is 0. The van der Waals surface area contributed by atoms with E-state index in [0.717, 1.165) is 10.5 Å². The van der Waals surface area contributed by atoms with Gasteiger partial charge in [0.25, 0.3) is 11.8 Å².